The molecule has 1 aliphatic heterocycles. The molecule has 1 aromatic carbocycles. The van der Waals surface area contributed by atoms with Gasteiger partial charge >= 0.3 is 6.03 Å². The summed E-state index contributed by atoms with van der Waals surface area (Å²) in [6.07, 6.45) is 0.827. The van der Waals surface area contributed by atoms with Crippen molar-refractivity contribution in [2.75, 3.05) is 25.5 Å². The van der Waals surface area contributed by atoms with Gasteiger partial charge in [-0.15, -0.1) is 0 Å². The van der Waals surface area contributed by atoms with Crippen LogP contribution in [0.5, 0.6) is 11.5 Å². The van der Waals surface area contributed by atoms with E-state index in [4.69, 9.17) is 21.1 Å². The molecule has 7 heteroatoms. The van der Waals surface area contributed by atoms with Crippen LogP contribution in [0.25, 0.3) is 0 Å². The standard InChI is InChI=1S/C17H25ClN2O3S/c1-17(2,3)24-8-5-19-16(21)20-11-12-9-13(18)15-14(10-12)22-6-4-7-23-15/h9-10H,4-8,11H2,1-3H3,(H2,19,20,21). The Kier molecular flexibility index (Phi) is 6.92. The van der Waals surface area contributed by atoms with Crippen LogP contribution in [0.1, 0.15) is 32.8 Å². The van der Waals surface area contributed by atoms with Gasteiger partial charge in [0.25, 0.3) is 0 Å². The molecule has 1 aromatic rings. The minimum atomic E-state index is -0.187. The first-order valence-electron chi connectivity index (χ1n) is 8.09. The van der Waals surface area contributed by atoms with Crippen molar-refractivity contribution in [1.82, 2.24) is 10.6 Å². The zero-order valence-corrected chi connectivity index (χ0v) is 16.0. The van der Waals surface area contributed by atoms with E-state index >= 15 is 0 Å². The minimum Gasteiger partial charge on any atom is -0.489 e. The van der Waals surface area contributed by atoms with Gasteiger partial charge in [0.15, 0.2) is 11.5 Å². The Bertz CT molecular complexity index is 576. The van der Waals surface area contributed by atoms with Gasteiger partial charge in [-0.2, -0.15) is 11.8 Å². The SMILES string of the molecule is CC(C)(C)SCCNC(=O)NCc1cc(Cl)c2c(c1)OCCCO2. The van der Waals surface area contributed by atoms with Crippen LogP contribution >= 0.6 is 23.4 Å². The highest BCUT2D eigenvalue weighted by Crippen LogP contribution is 2.37. The Hall–Kier alpha value is -1.27. The van der Waals surface area contributed by atoms with Crippen LogP contribution in [0.3, 0.4) is 0 Å². The molecule has 24 heavy (non-hydrogen) atoms. The largest absolute Gasteiger partial charge is 0.489 e. The van der Waals surface area contributed by atoms with E-state index in [9.17, 15) is 4.79 Å². The molecule has 2 amide bonds. The molecule has 0 radical (unpaired) electrons. The number of benzene rings is 1. The van der Waals surface area contributed by atoms with E-state index in [2.05, 4.69) is 31.4 Å². The number of thioether (sulfide) groups is 1. The van der Waals surface area contributed by atoms with Crippen molar-refractivity contribution in [2.45, 2.75) is 38.5 Å². The van der Waals surface area contributed by atoms with Gasteiger partial charge in [-0.3, -0.25) is 0 Å². The number of rotatable bonds is 5. The monoisotopic (exact) mass is 372 g/mol. The van der Waals surface area contributed by atoms with Gasteiger partial charge in [-0.25, -0.2) is 4.79 Å². The highest BCUT2D eigenvalue weighted by Gasteiger charge is 2.16. The van der Waals surface area contributed by atoms with Gasteiger partial charge in [0.1, 0.15) is 0 Å². The Morgan fingerprint density at radius 3 is 2.75 bits per heavy atom. The number of halogens is 1. The normalized spacial score (nSPS) is 14.0. The van der Waals surface area contributed by atoms with Crippen molar-refractivity contribution < 1.29 is 14.3 Å². The molecule has 0 fully saturated rings. The van der Waals surface area contributed by atoms with E-state index < -0.39 is 0 Å². The van der Waals surface area contributed by atoms with Crippen LogP contribution in [-0.2, 0) is 6.54 Å². The number of ether oxygens (including phenoxy) is 2. The highest BCUT2D eigenvalue weighted by atomic mass is 35.5. The van der Waals surface area contributed by atoms with Crippen molar-refractivity contribution in [3.63, 3.8) is 0 Å². The first kappa shape index (κ1) is 19.1. The van der Waals surface area contributed by atoms with Gasteiger partial charge in [-0.05, 0) is 17.7 Å². The van der Waals surface area contributed by atoms with E-state index in [1.165, 1.54) is 0 Å². The third-order valence-corrected chi connectivity index (χ3v) is 4.79. The molecule has 1 heterocycles. The predicted octanol–water partition coefficient (Wildman–Crippen LogP) is 3.83. The van der Waals surface area contributed by atoms with E-state index in [1.807, 2.05) is 17.8 Å². The smallest absolute Gasteiger partial charge is 0.315 e. The van der Waals surface area contributed by atoms with Gasteiger partial charge in [-0.1, -0.05) is 32.4 Å². The lowest BCUT2D eigenvalue weighted by Crippen LogP contribution is -2.36. The summed E-state index contributed by atoms with van der Waals surface area (Å²) in [5, 5.41) is 6.19. The minimum absolute atomic E-state index is 0.187. The Morgan fingerprint density at radius 1 is 1.25 bits per heavy atom. The number of nitrogens with one attached hydrogen (secondary N) is 2. The average Bonchev–Trinajstić information content (AvgIpc) is 2.74. The summed E-state index contributed by atoms with van der Waals surface area (Å²) in [6, 6.07) is 3.47. The van der Waals surface area contributed by atoms with Crippen LogP contribution in [0, 0.1) is 0 Å². The van der Waals surface area contributed by atoms with Crippen molar-refractivity contribution in [2.24, 2.45) is 0 Å². The summed E-state index contributed by atoms with van der Waals surface area (Å²) in [7, 11) is 0. The molecule has 0 atom stereocenters. The molecule has 1 aliphatic rings. The van der Waals surface area contributed by atoms with Crippen molar-refractivity contribution >= 4 is 29.4 Å². The van der Waals surface area contributed by atoms with E-state index in [0.29, 0.717) is 42.8 Å². The van der Waals surface area contributed by atoms with Crippen molar-refractivity contribution in [1.29, 1.82) is 0 Å². The number of carbonyl (C=O) groups is 1. The molecule has 0 aromatic heterocycles. The number of fused-ring (bicyclic) bond motifs is 1. The Balaban J connectivity index is 1.80. The number of urea groups is 1. The van der Waals surface area contributed by atoms with Crippen LogP contribution in [0.4, 0.5) is 4.79 Å². The molecular formula is C17H25ClN2O3S. The molecule has 2 N–H and O–H groups in total. The molecule has 0 bridgehead atoms. The maximum absolute atomic E-state index is 11.8. The maximum atomic E-state index is 11.8. The lowest BCUT2D eigenvalue weighted by molar-refractivity contribution is 0.241. The predicted molar refractivity (Wildman–Crippen MR) is 99.5 cm³/mol. The van der Waals surface area contributed by atoms with Crippen LogP contribution in [0.2, 0.25) is 5.02 Å². The number of amides is 2. The first-order chi connectivity index (χ1) is 11.3. The third kappa shape index (κ3) is 6.32. The molecule has 0 aliphatic carbocycles. The van der Waals surface area contributed by atoms with Crippen molar-refractivity contribution in [3.8, 4) is 11.5 Å². The second kappa shape index (κ2) is 8.72. The molecular weight excluding hydrogens is 348 g/mol. The molecule has 0 saturated carbocycles. The maximum Gasteiger partial charge on any atom is 0.315 e. The molecule has 0 saturated heterocycles. The topological polar surface area (TPSA) is 59.6 Å². The summed E-state index contributed by atoms with van der Waals surface area (Å²) in [6.45, 7) is 8.69. The lowest BCUT2D eigenvalue weighted by atomic mass is 10.2. The van der Waals surface area contributed by atoms with E-state index in [0.717, 1.165) is 17.7 Å². The zero-order valence-electron chi connectivity index (χ0n) is 14.4. The van der Waals surface area contributed by atoms with Gasteiger partial charge in [0.2, 0.25) is 0 Å². The fraction of sp³-hybridized carbons (Fsp3) is 0.588. The van der Waals surface area contributed by atoms with Crippen LogP contribution in [-0.4, -0.2) is 36.3 Å². The second-order valence-electron chi connectivity index (χ2n) is 6.53. The molecule has 5 nitrogen and oxygen atoms in total. The number of hydrogen-bond acceptors (Lipinski definition) is 4. The van der Waals surface area contributed by atoms with Gasteiger partial charge in [0, 0.05) is 30.0 Å². The van der Waals surface area contributed by atoms with Gasteiger partial charge in [0.05, 0.1) is 18.2 Å². The van der Waals surface area contributed by atoms with Crippen LogP contribution < -0.4 is 20.1 Å². The Labute approximate surface area is 152 Å². The first-order valence-corrected chi connectivity index (χ1v) is 9.45. The highest BCUT2D eigenvalue weighted by molar-refractivity contribution is 8.00. The summed E-state index contributed by atoms with van der Waals surface area (Å²) in [4.78, 5) is 11.8. The molecule has 2 rings (SSSR count). The molecule has 134 valence electrons. The summed E-state index contributed by atoms with van der Waals surface area (Å²) >= 11 is 8.06. The molecule has 0 unspecified atom stereocenters. The summed E-state index contributed by atoms with van der Waals surface area (Å²) in [5.74, 6) is 2.10. The lowest BCUT2D eigenvalue weighted by Gasteiger charge is -2.17. The van der Waals surface area contributed by atoms with Crippen molar-refractivity contribution in [3.05, 3.63) is 22.7 Å². The van der Waals surface area contributed by atoms with Gasteiger partial charge < -0.3 is 20.1 Å². The summed E-state index contributed by atoms with van der Waals surface area (Å²) < 4.78 is 11.4. The number of carbonyl (C=O) groups excluding carboxylic acids is 1. The quantitative estimate of drug-likeness (QED) is 0.771. The Morgan fingerprint density at radius 2 is 2.00 bits per heavy atom. The zero-order chi connectivity index (χ0) is 17.6. The second-order valence-corrected chi connectivity index (χ2v) is 8.85. The van der Waals surface area contributed by atoms with E-state index in [1.54, 1.807) is 6.07 Å². The van der Waals surface area contributed by atoms with Crippen LogP contribution in [0.15, 0.2) is 12.1 Å². The third-order valence-electron chi connectivity index (χ3n) is 3.24. The molecule has 0 spiro atoms. The number of hydrogen-bond donors (Lipinski definition) is 2. The van der Waals surface area contributed by atoms with E-state index in [-0.39, 0.29) is 10.8 Å². The summed E-state index contributed by atoms with van der Waals surface area (Å²) in [5.41, 5.74) is 0.878. The fourth-order valence-corrected chi connectivity index (χ4v) is 3.26. The average molecular weight is 373 g/mol. The fourth-order valence-electron chi connectivity index (χ4n) is 2.15.